The molecule has 122 valence electrons. The number of methoxy groups -OCH3 is 1. The molecule has 0 bridgehead atoms. The van der Waals surface area contributed by atoms with Crippen LogP contribution in [0.15, 0.2) is 60.7 Å². The molecule has 0 aromatic heterocycles. The highest BCUT2D eigenvalue weighted by molar-refractivity contribution is 5.71. The van der Waals surface area contributed by atoms with Crippen LogP contribution in [-0.2, 0) is 27.5 Å². The number of nitrogens with zero attached hydrogens (tertiary/aromatic N) is 1. The van der Waals surface area contributed by atoms with E-state index in [0.717, 1.165) is 11.1 Å². The summed E-state index contributed by atoms with van der Waals surface area (Å²) in [6, 6.07) is 20.3. The highest BCUT2D eigenvalue weighted by Gasteiger charge is 2.16. The van der Waals surface area contributed by atoms with Gasteiger partial charge >= 0.3 is 5.97 Å². The number of hydrogen-bond acceptors (Lipinski definition) is 4. The van der Waals surface area contributed by atoms with Crippen molar-refractivity contribution in [1.82, 2.24) is 5.06 Å². The lowest BCUT2D eigenvalue weighted by Gasteiger charge is -2.23. The fourth-order valence-electron chi connectivity index (χ4n) is 2.21. The fraction of sp³-hybridized carbons (Fsp3) is 0.316. The molecule has 0 saturated heterocycles. The molecule has 0 aliphatic carbocycles. The highest BCUT2D eigenvalue weighted by atomic mass is 16.7. The van der Waals surface area contributed by atoms with Gasteiger partial charge in [0.25, 0.3) is 0 Å². The molecule has 0 spiro atoms. The van der Waals surface area contributed by atoms with Crippen LogP contribution in [0, 0.1) is 5.92 Å². The Morgan fingerprint density at radius 2 is 1.43 bits per heavy atom. The van der Waals surface area contributed by atoms with Gasteiger partial charge in [0.05, 0.1) is 19.6 Å². The molecule has 0 radical (unpaired) electrons. The maximum atomic E-state index is 11.5. The zero-order valence-corrected chi connectivity index (χ0v) is 13.6. The number of benzene rings is 2. The van der Waals surface area contributed by atoms with Crippen LogP contribution in [0.4, 0.5) is 0 Å². The summed E-state index contributed by atoms with van der Waals surface area (Å²) in [6.45, 7) is 3.41. The maximum absolute atomic E-state index is 11.5. The van der Waals surface area contributed by atoms with Gasteiger partial charge in [-0.15, -0.1) is 0 Å². The Hall–Kier alpha value is -2.17. The molecular formula is C19H23NO3. The van der Waals surface area contributed by atoms with Gasteiger partial charge in [0.15, 0.2) is 0 Å². The molecule has 1 atom stereocenters. The van der Waals surface area contributed by atoms with Gasteiger partial charge in [-0.25, -0.2) is 0 Å². The van der Waals surface area contributed by atoms with Crippen LogP contribution in [0.1, 0.15) is 18.1 Å². The van der Waals surface area contributed by atoms with Crippen molar-refractivity contribution in [2.45, 2.75) is 20.0 Å². The van der Waals surface area contributed by atoms with Gasteiger partial charge in [0.1, 0.15) is 0 Å². The van der Waals surface area contributed by atoms with Gasteiger partial charge in [-0.2, -0.15) is 5.06 Å². The first-order valence-corrected chi connectivity index (χ1v) is 7.72. The number of hydrogen-bond donors (Lipinski definition) is 0. The molecular weight excluding hydrogens is 290 g/mol. The number of carbonyl (C=O) groups is 1. The van der Waals surface area contributed by atoms with Crippen molar-refractivity contribution < 1.29 is 14.4 Å². The summed E-state index contributed by atoms with van der Waals surface area (Å²) >= 11 is 0. The molecule has 2 aromatic rings. The van der Waals surface area contributed by atoms with Gasteiger partial charge in [-0.05, 0) is 18.1 Å². The smallest absolute Gasteiger partial charge is 0.310 e. The first kappa shape index (κ1) is 17.2. The van der Waals surface area contributed by atoms with Gasteiger partial charge in [0, 0.05) is 13.1 Å². The second-order valence-electron chi connectivity index (χ2n) is 5.49. The Balaban J connectivity index is 2.00. The van der Waals surface area contributed by atoms with Gasteiger partial charge in [-0.1, -0.05) is 60.7 Å². The standard InChI is InChI=1S/C19H23NO3/c1-16(19(21)22-2)15-23-20(13-17-9-5-3-6-10-17)14-18-11-7-4-8-12-18/h3-12,16H,13-15H2,1-2H3. The van der Waals surface area contributed by atoms with E-state index in [1.54, 1.807) is 6.92 Å². The van der Waals surface area contributed by atoms with Crippen molar-refractivity contribution in [2.24, 2.45) is 5.92 Å². The number of carbonyl (C=O) groups excluding carboxylic acids is 1. The zero-order valence-electron chi connectivity index (χ0n) is 13.6. The number of hydroxylamine groups is 2. The van der Waals surface area contributed by atoms with E-state index in [0.29, 0.717) is 19.7 Å². The molecule has 0 fully saturated rings. The topological polar surface area (TPSA) is 38.8 Å². The Labute approximate surface area is 137 Å². The summed E-state index contributed by atoms with van der Waals surface area (Å²) in [5, 5.41) is 1.88. The average molecular weight is 313 g/mol. The lowest BCUT2D eigenvalue weighted by molar-refractivity contribution is -0.189. The van der Waals surface area contributed by atoms with E-state index in [1.165, 1.54) is 7.11 Å². The maximum Gasteiger partial charge on any atom is 0.310 e. The van der Waals surface area contributed by atoms with E-state index in [2.05, 4.69) is 24.3 Å². The predicted octanol–water partition coefficient (Wildman–Crippen LogP) is 3.43. The molecule has 4 nitrogen and oxygen atoms in total. The monoisotopic (exact) mass is 313 g/mol. The quantitative estimate of drug-likeness (QED) is 0.553. The Morgan fingerprint density at radius 1 is 0.957 bits per heavy atom. The molecule has 2 aromatic carbocycles. The first-order valence-electron chi connectivity index (χ1n) is 7.72. The minimum absolute atomic E-state index is 0.260. The normalized spacial score (nSPS) is 12.1. The predicted molar refractivity (Wildman–Crippen MR) is 89.3 cm³/mol. The van der Waals surface area contributed by atoms with Crippen molar-refractivity contribution in [2.75, 3.05) is 13.7 Å². The van der Waals surface area contributed by atoms with Crippen molar-refractivity contribution in [3.05, 3.63) is 71.8 Å². The second kappa shape index (κ2) is 9.08. The minimum Gasteiger partial charge on any atom is -0.469 e. The molecule has 0 aliphatic rings. The molecule has 0 aliphatic heterocycles. The van der Waals surface area contributed by atoms with Crippen LogP contribution in [0.25, 0.3) is 0 Å². The van der Waals surface area contributed by atoms with Gasteiger partial charge < -0.3 is 4.74 Å². The molecule has 1 unspecified atom stereocenters. The van der Waals surface area contributed by atoms with E-state index in [-0.39, 0.29) is 11.9 Å². The summed E-state index contributed by atoms with van der Waals surface area (Å²) in [5.41, 5.74) is 2.32. The Bertz CT molecular complexity index is 545. The summed E-state index contributed by atoms with van der Waals surface area (Å²) in [6.07, 6.45) is 0. The van der Waals surface area contributed by atoms with Crippen LogP contribution >= 0.6 is 0 Å². The van der Waals surface area contributed by atoms with Crippen molar-refractivity contribution in [3.63, 3.8) is 0 Å². The van der Waals surface area contributed by atoms with Gasteiger partial charge in [-0.3, -0.25) is 9.63 Å². The minimum atomic E-state index is -0.297. The highest BCUT2D eigenvalue weighted by Crippen LogP contribution is 2.12. The SMILES string of the molecule is COC(=O)C(C)CON(Cc1ccccc1)Cc1ccccc1. The van der Waals surface area contributed by atoms with E-state index in [1.807, 2.05) is 41.5 Å². The van der Waals surface area contributed by atoms with E-state index in [4.69, 9.17) is 9.57 Å². The number of esters is 1. The van der Waals surface area contributed by atoms with Crippen molar-refractivity contribution in [1.29, 1.82) is 0 Å². The third kappa shape index (κ3) is 5.85. The van der Waals surface area contributed by atoms with E-state index < -0.39 is 0 Å². The third-order valence-electron chi connectivity index (χ3n) is 3.51. The second-order valence-corrected chi connectivity index (χ2v) is 5.49. The molecule has 4 heteroatoms. The average Bonchev–Trinajstić information content (AvgIpc) is 2.60. The molecule has 0 heterocycles. The molecule has 2 rings (SSSR count). The van der Waals surface area contributed by atoms with Crippen LogP contribution < -0.4 is 0 Å². The largest absolute Gasteiger partial charge is 0.469 e. The number of ether oxygens (including phenoxy) is 1. The lowest BCUT2D eigenvalue weighted by atomic mass is 10.2. The Morgan fingerprint density at radius 3 is 1.87 bits per heavy atom. The van der Waals surface area contributed by atoms with Crippen molar-refractivity contribution in [3.8, 4) is 0 Å². The summed E-state index contributed by atoms with van der Waals surface area (Å²) < 4.78 is 4.74. The van der Waals surface area contributed by atoms with Crippen molar-refractivity contribution >= 4 is 5.97 Å². The molecule has 23 heavy (non-hydrogen) atoms. The van der Waals surface area contributed by atoms with E-state index in [9.17, 15) is 4.79 Å². The summed E-state index contributed by atoms with van der Waals surface area (Å²) in [5.74, 6) is -0.557. The van der Waals surface area contributed by atoms with Crippen LogP contribution in [0.5, 0.6) is 0 Å². The molecule has 0 saturated carbocycles. The van der Waals surface area contributed by atoms with Crippen LogP contribution in [-0.4, -0.2) is 24.7 Å². The molecule has 0 amide bonds. The summed E-state index contributed by atoms with van der Waals surface area (Å²) in [7, 11) is 1.39. The van der Waals surface area contributed by atoms with Crippen LogP contribution in [0.2, 0.25) is 0 Å². The lowest BCUT2D eigenvalue weighted by Crippen LogP contribution is -2.28. The fourth-order valence-corrected chi connectivity index (χ4v) is 2.21. The number of rotatable bonds is 8. The Kier molecular flexibility index (Phi) is 6.78. The third-order valence-corrected chi connectivity index (χ3v) is 3.51. The summed E-state index contributed by atoms with van der Waals surface area (Å²) in [4.78, 5) is 17.4. The first-order chi connectivity index (χ1) is 11.2. The van der Waals surface area contributed by atoms with E-state index >= 15 is 0 Å². The van der Waals surface area contributed by atoms with Crippen LogP contribution in [0.3, 0.4) is 0 Å². The molecule has 0 N–H and O–H groups in total. The van der Waals surface area contributed by atoms with Gasteiger partial charge in [0.2, 0.25) is 0 Å². The zero-order chi connectivity index (χ0) is 16.5.